The standard InChI is InChI=1S/C9H15NO3/c1(7-4-11-7)10(2-8-5-12-8)3-9-6-13-9/h7-9H,1-6H2/p+1. The van der Waals surface area contributed by atoms with Crippen LogP contribution in [-0.4, -0.2) is 57.8 Å². The summed E-state index contributed by atoms with van der Waals surface area (Å²) in [7, 11) is 0. The van der Waals surface area contributed by atoms with E-state index in [4.69, 9.17) is 14.2 Å². The Hall–Kier alpha value is -0.160. The molecule has 0 saturated carbocycles. The second-order valence-electron chi connectivity index (χ2n) is 4.23. The number of hydrogen-bond donors (Lipinski definition) is 1. The Morgan fingerprint density at radius 1 is 0.769 bits per heavy atom. The van der Waals surface area contributed by atoms with Crippen LogP contribution in [0.2, 0.25) is 0 Å². The Balaban J connectivity index is 1.45. The summed E-state index contributed by atoms with van der Waals surface area (Å²) in [4.78, 5) is 1.59. The van der Waals surface area contributed by atoms with Gasteiger partial charge in [0.2, 0.25) is 0 Å². The van der Waals surface area contributed by atoms with Gasteiger partial charge in [-0.1, -0.05) is 0 Å². The minimum Gasteiger partial charge on any atom is -0.367 e. The largest absolute Gasteiger partial charge is 0.367 e. The Morgan fingerprint density at radius 2 is 1.08 bits per heavy atom. The van der Waals surface area contributed by atoms with Crippen LogP contribution in [0.15, 0.2) is 0 Å². The molecule has 0 amide bonds. The molecular weight excluding hydrogens is 170 g/mol. The molecule has 3 saturated heterocycles. The van der Waals surface area contributed by atoms with E-state index in [1.165, 1.54) is 0 Å². The summed E-state index contributed by atoms with van der Waals surface area (Å²) >= 11 is 0. The van der Waals surface area contributed by atoms with Gasteiger partial charge in [0.1, 0.15) is 37.9 Å². The molecule has 0 aromatic heterocycles. The molecule has 74 valence electrons. The van der Waals surface area contributed by atoms with Crippen molar-refractivity contribution in [3.63, 3.8) is 0 Å². The van der Waals surface area contributed by atoms with Crippen LogP contribution in [0.1, 0.15) is 0 Å². The summed E-state index contributed by atoms with van der Waals surface area (Å²) in [6, 6.07) is 0. The van der Waals surface area contributed by atoms with E-state index < -0.39 is 0 Å². The number of ether oxygens (including phenoxy) is 3. The van der Waals surface area contributed by atoms with Crippen molar-refractivity contribution in [3.05, 3.63) is 0 Å². The van der Waals surface area contributed by atoms with Crippen LogP contribution in [-0.2, 0) is 14.2 Å². The average molecular weight is 186 g/mol. The van der Waals surface area contributed by atoms with Crippen molar-refractivity contribution in [3.8, 4) is 0 Å². The van der Waals surface area contributed by atoms with Gasteiger partial charge in [-0.05, 0) is 0 Å². The Labute approximate surface area is 77.7 Å². The molecule has 3 aliphatic heterocycles. The fourth-order valence-electron chi connectivity index (χ4n) is 1.77. The lowest BCUT2D eigenvalue weighted by Gasteiger charge is -2.15. The summed E-state index contributed by atoms with van der Waals surface area (Å²) in [5, 5.41) is 0. The third kappa shape index (κ3) is 2.64. The zero-order valence-electron chi connectivity index (χ0n) is 7.70. The molecule has 0 bridgehead atoms. The Morgan fingerprint density at radius 3 is 1.31 bits per heavy atom. The first-order valence-electron chi connectivity index (χ1n) is 5.08. The average Bonchev–Trinajstić information content (AvgIpc) is 2.94. The van der Waals surface area contributed by atoms with E-state index >= 15 is 0 Å². The van der Waals surface area contributed by atoms with Crippen molar-refractivity contribution in [2.24, 2.45) is 0 Å². The number of nitrogens with one attached hydrogen (secondary N) is 1. The van der Waals surface area contributed by atoms with Gasteiger partial charge < -0.3 is 19.1 Å². The van der Waals surface area contributed by atoms with E-state index in [0.717, 1.165) is 39.5 Å². The molecule has 13 heavy (non-hydrogen) atoms. The quantitative estimate of drug-likeness (QED) is 0.491. The first-order chi connectivity index (χ1) is 6.40. The van der Waals surface area contributed by atoms with Gasteiger partial charge in [0.25, 0.3) is 0 Å². The molecule has 1 N–H and O–H groups in total. The van der Waals surface area contributed by atoms with Crippen molar-refractivity contribution >= 4 is 0 Å². The Kier molecular flexibility index (Phi) is 2.01. The fourth-order valence-corrected chi connectivity index (χ4v) is 1.77. The molecule has 3 unspecified atom stereocenters. The van der Waals surface area contributed by atoms with Crippen molar-refractivity contribution in [2.45, 2.75) is 18.3 Å². The van der Waals surface area contributed by atoms with E-state index in [-0.39, 0.29) is 0 Å². The van der Waals surface area contributed by atoms with E-state index in [1.807, 2.05) is 0 Å². The van der Waals surface area contributed by atoms with Gasteiger partial charge in [-0.15, -0.1) is 0 Å². The highest BCUT2D eigenvalue weighted by Gasteiger charge is 2.37. The SMILES string of the molecule is C1OC1C[NH+](CC1CO1)CC1CO1. The molecular formula is C9H16NO3+. The van der Waals surface area contributed by atoms with Crippen LogP contribution in [0.5, 0.6) is 0 Å². The molecule has 0 aromatic carbocycles. The zero-order chi connectivity index (χ0) is 8.67. The van der Waals surface area contributed by atoms with Crippen LogP contribution in [0.3, 0.4) is 0 Å². The van der Waals surface area contributed by atoms with Gasteiger partial charge in [-0.3, -0.25) is 0 Å². The van der Waals surface area contributed by atoms with Crippen molar-refractivity contribution in [1.82, 2.24) is 0 Å². The lowest BCUT2D eigenvalue weighted by molar-refractivity contribution is -0.901. The van der Waals surface area contributed by atoms with Gasteiger partial charge in [0.05, 0.1) is 19.8 Å². The predicted octanol–water partition coefficient (Wildman–Crippen LogP) is -1.93. The van der Waals surface area contributed by atoms with Gasteiger partial charge in [-0.25, -0.2) is 0 Å². The fraction of sp³-hybridized carbons (Fsp3) is 1.00. The first-order valence-corrected chi connectivity index (χ1v) is 5.08. The first kappa shape index (κ1) is 8.17. The predicted molar refractivity (Wildman–Crippen MR) is 44.8 cm³/mol. The molecule has 0 aliphatic carbocycles. The third-order valence-electron chi connectivity index (χ3n) is 2.76. The lowest BCUT2D eigenvalue weighted by Crippen LogP contribution is -3.14. The molecule has 3 aliphatic rings. The monoisotopic (exact) mass is 186 g/mol. The third-order valence-corrected chi connectivity index (χ3v) is 2.76. The van der Waals surface area contributed by atoms with Crippen LogP contribution in [0.25, 0.3) is 0 Å². The van der Waals surface area contributed by atoms with Crippen molar-refractivity contribution in [2.75, 3.05) is 39.5 Å². The highest BCUT2D eigenvalue weighted by Crippen LogP contribution is 2.09. The van der Waals surface area contributed by atoms with Gasteiger partial charge in [0.15, 0.2) is 0 Å². The molecule has 0 radical (unpaired) electrons. The number of hydrogen-bond acceptors (Lipinski definition) is 3. The molecule has 3 fully saturated rings. The number of epoxide rings is 3. The molecule has 0 spiro atoms. The maximum absolute atomic E-state index is 5.24. The van der Waals surface area contributed by atoms with Crippen LogP contribution in [0.4, 0.5) is 0 Å². The molecule has 4 heteroatoms. The van der Waals surface area contributed by atoms with Crippen LogP contribution < -0.4 is 4.90 Å². The molecule has 3 atom stereocenters. The normalized spacial score (nSPS) is 42.9. The van der Waals surface area contributed by atoms with Crippen molar-refractivity contribution < 1.29 is 19.1 Å². The molecule has 3 rings (SSSR count). The summed E-state index contributed by atoms with van der Waals surface area (Å²) in [5.74, 6) is 0. The van der Waals surface area contributed by atoms with E-state index in [9.17, 15) is 0 Å². The highest BCUT2D eigenvalue weighted by atomic mass is 16.6. The van der Waals surface area contributed by atoms with Gasteiger partial charge in [0, 0.05) is 0 Å². The zero-order valence-corrected chi connectivity index (χ0v) is 7.70. The van der Waals surface area contributed by atoms with Gasteiger partial charge >= 0.3 is 0 Å². The highest BCUT2D eigenvalue weighted by molar-refractivity contribution is 4.73. The summed E-state index contributed by atoms with van der Waals surface area (Å²) < 4.78 is 15.7. The maximum Gasteiger partial charge on any atom is 0.130 e. The Bertz CT molecular complexity index is 154. The van der Waals surface area contributed by atoms with Crippen molar-refractivity contribution in [1.29, 1.82) is 0 Å². The smallest absolute Gasteiger partial charge is 0.130 e. The van der Waals surface area contributed by atoms with Crippen LogP contribution in [0, 0.1) is 0 Å². The molecule has 3 heterocycles. The van der Waals surface area contributed by atoms with Crippen LogP contribution >= 0.6 is 0 Å². The second kappa shape index (κ2) is 3.20. The molecule has 0 aromatic rings. The minimum atomic E-state index is 0.521. The summed E-state index contributed by atoms with van der Waals surface area (Å²) in [6.07, 6.45) is 1.56. The van der Waals surface area contributed by atoms with E-state index in [1.54, 1.807) is 4.90 Å². The lowest BCUT2D eigenvalue weighted by atomic mass is 10.3. The maximum atomic E-state index is 5.24. The van der Waals surface area contributed by atoms with E-state index in [0.29, 0.717) is 18.3 Å². The van der Waals surface area contributed by atoms with E-state index in [2.05, 4.69) is 0 Å². The summed E-state index contributed by atoms with van der Waals surface area (Å²) in [6.45, 7) is 6.29. The number of quaternary nitrogens is 1. The minimum absolute atomic E-state index is 0.521. The van der Waals surface area contributed by atoms with Gasteiger partial charge in [-0.2, -0.15) is 0 Å². The topological polar surface area (TPSA) is 42.0 Å². The summed E-state index contributed by atoms with van der Waals surface area (Å²) in [5.41, 5.74) is 0. The molecule has 4 nitrogen and oxygen atoms in total. The number of rotatable bonds is 6. The second-order valence-corrected chi connectivity index (χ2v) is 4.23.